The Balaban J connectivity index is 2.04. The number of carboxylic acid groups (broad SMARTS) is 1. The zero-order chi connectivity index (χ0) is 14.0. The van der Waals surface area contributed by atoms with E-state index in [-0.39, 0.29) is 12.6 Å². The summed E-state index contributed by atoms with van der Waals surface area (Å²) in [6, 6.07) is -0.344. The number of nitrogens with zero attached hydrogens (tertiary/aromatic N) is 4. The van der Waals surface area contributed by atoms with Crippen molar-refractivity contribution >= 4 is 17.9 Å². The minimum atomic E-state index is -0.879. The Kier molecular flexibility index (Phi) is 3.41. The second-order valence-corrected chi connectivity index (χ2v) is 5.03. The van der Waals surface area contributed by atoms with Gasteiger partial charge in [0.1, 0.15) is 6.33 Å². The van der Waals surface area contributed by atoms with Crippen LogP contribution in [0, 0.1) is 5.41 Å². The average Bonchev–Trinajstić information content (AvgIpc) is 2.75. The lowest BCUT2D eigenvalue weighted by molar-refractivity contribution is -0.150. The van der Waals surface area contributed by atoms with E-state index in [2.05, 4.69) is 15.4 Å². The molecule has 0 spiro atoms. The van der Waals surface area contributed by atoms with E-state index in [1.807, 2.05) is 0 Å². The molecule has 104 valence electrons. The maximum absolute atomic E-state index is 12.1. The third kappa shape index (κ3) is 2.67. The molecule has 1 saturated heterocycles. The van der Waals surface area contributed by atoms with Gasteiger partial charge in [0.05, 0.1) is 5.41 Å². The average molecular weight is 267 g/mol. The number of carboxylic acids is 1. The Bertz CT molecular complexity index is 500. The fourth-order valence-corrected chi connectivity index (χ4v) is 2.17. The molecule has 1 aromatic heterocycles. The fraction of sp³-hybridized carbons (Fsp3) is 0.636. The number of urea groups is 1. The van der Waals surface area contributed by atoms with Crippen LogP contribution < -0.4 is 5.32 Å². The number of rotatable bonds is 2. The number of hydrogen-bond donors (Lipinski definition) is 2. The summed E-state index contributed by atoms with van der Waals surface area (Å²) in [5, 5.41) is 15.7. The molecule has 1 unspecified atom stereocenters. The highest BCUT2D eigenvalue weighted by Gasteiger charge is 2.39. The third-order valence-electron chi connectivity index (χ3n) is 3.43. The molecular formula is C11H17N5O3. The van der Waals surface area contributed by atoms with Gasteiger partial charge in [0.15, 0.2) is 0 Å². The van der Waals surface area contributed by atoms with E-state index in [1.165, 1.54) is 15.9 Å². The molecular weight excluding hydrogens is 250 g/mol. The molecule has 8 heteroatoms. The molecule has 1 aliphatic rings. The summed E-state index contributed by atoms with van der Waals surface area (Å²) in [5.74, 6) is -0.531. The standard InChI is InChI=1S/C11H17N5O3/c1-11(8(17)18)4-3-5-16(6-11)10(19)14-9-12-7-13-15(9)2/h7H,3-6H2,1-2H3,(H,17,18)(H,12,13,14,19). The quantitative estimate of drug-likeness (QED) is 0.814. The van der Waals surface area contributed by atoms with E-state index in [4.69, 9.17) is 0 Å². The highest BCUT2D eigenvalue weighted by Crippen LogP contribution is 2.29. The topological polar surface area (TPSA) is 100 Å². The zero-order valence-corrected chi connectivity index (χ0v) is 11.0. The summed E-state index contributed by atoms with van der Waals surface area (Å²) in [5.41, 5.74) is -0.879. The van der Waals surface area contributed by atoms with Crippen LogP contribution in [0.1, 0.15) is 19.8 Å². The van der Waals surface area contributed by atoms with Crippen molar-refractivity contribution in [1.29, 1.82) is 0 Å². The highest BCUT2D eigenvalue weighted by molar-refractivity contribution is 5.88. The summed E-state index contributed by atoms with van der Waals surface area (Å²) in [6.45, 7) is 2.41. The van der Waals surface area contributed by atoms with Gasteiger partial charge in [0.2, 0.25) is 5.95 Å². The molecule has 0 saturated carbocycles. The number of carbonyl (C=O) groups is 2. The molecule has 0 aliphatic carbocycles. The van der Waals surface area contributed by atoms with Crippen LogP contribution in [-0.2, 0) is 11.8 Å². The van der Waals surface area contributed by atoms with Crippen molar-refractivity contribution < 1.29 is 14.7 Å². The van der Waals surface area contributed by atoms with Crippen LogP contribution in [0.25, 0.3) is 0 Å². The molecule has 2 heterocycles. The minimum absolute atomic E-state index is 0.200. The molecule has 0 radical (unpaired) electrons. The largest absolute Gasteiger partial charge is 0.481 e. The molecule has 2 amide bonds. The number of aliphatic carboxylic acids is 1. The predicted octanol–water partition coefficient (Wildman–Crippen LogP) is 0.534. The molecule has 8 nitrogen and oxygen atoms in total. The fourth-order valence-electron chi connectivity index (χ4n) is 2.17. The van der Waals surface area contributed by atoms with Gasteiger partial charge in [-0.1, -0.05) is 0 Å². The van der Waals surface area contributed by atoms with E-state index in [0.29, 0.717) is 25.3 Å². The van der Waals surface area contributed by atoms with E-state index >= 15 is 0 Å². The van der Waals surface area contributed by atoms with Gasteiger partial charge < -0.3 is 10.0 Å². The van der Waals surface area contributed by atoms with Gasteiger partial charge in [-0.3, -0.25) is 10.1 Å². The first kappa shape index (κ1) is 13.3. The second-order valence-electron chi connectivity index (χ2n) is 5.03. The molecule has 2 N–H and O–H groups in total. The van der Waals surface area contributed by atoms with Gasteiger partial charge in [0, 0.05) is 20.1 Å². The number of aromatic nitrogens is 3. The smallest absolute Gasteiger partial charge is 0.324 e. The molecule has 2 rings (SSSR count). The molecule has 0 bridgehead atoms. The van der Waals surface area contributed by atoms with E-state index in [9.17, 15) is 14.7 Å². The highest BCUT2D eigenvalue weighted by atomic mass is 16.4. The Morgan fingerprint density at radius 3 is 2.84 bits per heavy atom. The normalized spacial score (nSPS) is 23.2. The van der Waals surface area contributed by atoms with Crippen LogP contribution in [0.15, 0.2) is 6.33 Å². The van der Waals surface area contributed by atoms with Crippen LogP contribution in [0.3, 0.4) is 0 Å². The first-order chi connectivity index (χ1) is 8.92. The molecule has 0 aromatic carbocycles. The first-order valence-corrected chi connectivity index (χ1v) is 6.06. The maximum atomic E-state index is 12.1. The number of nitrogens with one attached hydrogen (secondary N) is 1. The number of piperidine rings is 1. The Morgan fingerprint density at radius 1 is 1.53 bits per heavy atom. The number of hydrogen-bond acceptors (Lipinski definition) is 4. The first-order valence-electron chi connectivity index (χ1n) is 6.06. The molecule has 1 aromatic rings. The summed E-state index contributed by atoms with van der Waals surface area (Å²) in [7, 11) is 1.67. The lowest BCUT2D eigenvalue weighted by atomic mass is 9.82. The Morgan fingerprint density at radius 2 is 2.26 bits per heavy atom. The number of anilines is 1. The summed E-state index contributed by atoms with van der Waals surface area (Å²) in [6.07, 6.45) is 2.60. The van der Waals surface area contributed by atoms with Crippen molar-refractivity contribution in [2.75, 3.05) is 18.4 Å². The van der Waals surface area contributed by atoms with Crippen LogP contribution in [0.5, 0.6) is 0 Å². The Hall–Kier alpha value is -2.12. The van der Waals surface area contributed by atoms with Gasteiger partial charge in [-0.25, -0.2) is 9.48 Å². The van der Waals surface area contributed by atoms with Gasteiger partial charge in [-0.2, -0.15) is 10.1 Å². The lowest BCUT2D eigenvalue weighted by Crippen LogP contribution is -2.49. The van der Waals surface area contributed by atoms with Crippen molar-refractivity contribution in [2.45, 2.75) is 19.8 Å². The SMILES string of the molecule is Cn1ncnc1NC(=O)N1CCCC(C)(C(=O)O)C1. The zero-order valence-electron chi connectivity index (χ0n) is 11.0. The van der Waals surface area contributed by atoms with E-state index in [1.54, 1.807) is 14.0 Å². The van der Waals surface area contributed by atoms with Crippen molar-refractivity contribution in [3.8, 4) is 0 Å². The van der Waals surface area contributed by atoms with Gasteiger partial charge in [-0.15, -0.1) is 0 Å². The van der Waals surface area contributed by atoms with Crippen molar-refractivity contribution in [3.05, 3.63) is 6.33 Å². The van der Waals surface area contributed by atoms with Crippen LogP contribution in [0.4, 0.5) is 10.7 Å². The van der Waals surface area contributed by atoms with Gasteiger partial charge in [-0.05, 0) is 19.8 Å². The van der Waals surface area contributed by atoms with Crippen LogP contribution >= 0.6 is 0 Å². The maximum Gasteiger partial charge on any atom is 0.324 e. The summed E-state index contributed by atoms with van der Waals surface area (Å²) < 4.78 is 1.44. The van der Waals surface area contributed by atoms with Crippen LogP contribution in [0.2, 0.25) is 0 Å². The van der Waals surface area contributed by atoms with Crippen molar-refractivity contribution in [3.63, 3.8) is 0 Å². The Labute approximate surface area is 110 Å². The molecule has 1 aliphatic heterocycles. The van der Waals surface area contributed by atoms with Gasteiger partial charge in [0.25, 0.3) is 0 Å². The second kappa shape index (κ2) is 4.87. The van der Waals surface area contributed by atoms with Crippen LogP contribution in [-0.4, -0.2) is 49.9 Å². The van der Waals surface area contributed by atoms with Gasteiger partial charge >= 0.3 is 12.0 Å². The minimum Gasteiger partial charge on any atom is -0.481 e. The predicted molar refractivity (Wildman–Crippen MR) is 66.6 cm³/mol. The number of aryl methyl sites for hydroxylation is 1. The third-order valence-corrected chi connectivity index (χ3v) is 3.43. The monoisotopic (exact) mass is 267 g/mol. The number of carbonyl (C=O) groups excluding carboxylic acids is 1. The number of likely N-dealkylation sites (tertiary alicyclic amines) is 1. The summed E-state index contributed by atoms with van der Waals surface area (Å²) >= 11 is 0. The molecule has 19 heavy (non-hydrogen) atoms. The van der Waals surface area contributed by atoms with E-state index < -0.39 is 11.4 Å². The lowest BCUT2D eigenvalue weighted by Gasteiger charge is -2.37. The van der Waals surface area contributed by atoms with E-state index in [0.717, 1.165) is 0 Å². The van der Waals surface area contributed by atoms with Crippen molar-refractivity contribution in [1.82, 2.24) is 19.7 Å². The molecule has 1 fully saturated rings. The molecule has 1 atom stereocenters. The number of amides is 2. The van der Waals surface area contributed by atoms with Crippen molar-refractivity contribution in [2.24, 2.45) is 12.5 Å². The summed E-state index contributed by atoms with van der Waals surface area (Å²) in [4.78, 5) is 28.7.